The second-order valence-corrected chi connectivity index (χ2v) is 6.27. The number of nitrogens with one attached hydrogen (secondary N) is 1. The van der Waals surface area contributed by atoms with Crippen LogP contribution in [0.2, 0.25) is 0 Å². The van der Waals surface area contributed by atoms with Gasteiger partial charge in [-0.2, -0.15) is 0 Å². The summed E-state index contributed by atoms with van der Waals surface area (Å²) in [4.78, 5) is 26.8. The monoisotopic (exact) mass is 360 g/mol. The molecule has 142 valence electrons. The van der Waals surface area contributed by atoms with Crippen LogP contribution in [0, 0.1) is 0 Å². The van der Waals surface area contributed by atoms with E-state index in [1.165, 1.54) is 12.0 Å². The van der Waals surface area contributed by atoms with Crippen LogP contribution >= 0.6 is 0 Å². The minimum Gasteiger partial charge on any atom is -0.496 e. The molecule has 1 N–H and O–H groups in total. The smallest absolute Gasteiger partial charge is 0.329 e. The summed E-state index contributed by atoms with van der Waals surface area (Å²) in [6.07, 6.45) is 4.73. The molecule has 0 aliphatic carbocycles. The molecule has 1 saturated heterocycles. The summed E-state index contributed by atoms with van der Waals surface area (Å²) < 4.78 is 10.8. The summed E-state index contributed by atoms with van der Waals surface area (Å²) in [5.41, 5.74) is 0.790. The number of rotatable bonds is 9. The van der Waals surface area contributed by atoms with Gasteiger partial charge in [-0.05, 0) is 25.0 Å². The predicted molar refractivity (Wildman–Crippen MR) is 101 cm³/mol. The first-order valence-corrected chi connectivity index (χ1v) is 9.15. The number of carbonyl (C=O) groups excluding carboxylic acids is 2. The van der Waals surface area contributed by atoms with Gasteiger partial charge in [0, 0.05) is 6.04 Å². The summed E-state index contributed by atoms with van der Waals surface area (Å²) in [5, 5.41) is 2.70. The molecule has 1 aromatic rings. The van der Waals surface area contributed by atoms with Crippen LogP contribution in [0.25, 0.3) is 5.76 Å². The number of imide groups is 1. The Morgan fingerprint density at radius 3 is 2.50 bits per heavy atom. The highest BCUT2D eigenvalue weighted by molar-refractivity contribution is 6.15. The number of benzene rings is 1. The molecular weight excluding hydrogens is 332 g/mol. The summed E-state index contributed by atoms with van der Waals surface area (Å²) in [6, 6.07) is 6.75. The number of hydrogen-bond acceptors (Lipinski definition) is 4. The van der Waals surface area contributed by atoms with E-state index in [1.54, 1.807) is 19.2 Å². The number of hydrogen-bond donors (Lipinski definition) is 1. The number of methoxy groups -OCH3 is 2. The lowest BCUT2D eigenvalue weighted by atomic mass is 10.0. The third-order valence-corrected chi connectivity index (χ3v) is 4.64. The zero-order chi connectivity index (χ0) is 19.1. The van der Waals surface area contributed by atoms with Gasteiger partial charge in [-0.15, -0.1) is 0 Å². The van der Waals surface area contributed by atoms with E-state index in [9.17, 15) is 9.59 Å². The molecule has 0 spiro atoms. The molecule has 0 radical (unpaired) electrons. The van der Waals surface area contributed by atoms with Gasteiger partial charge in [0.2, 0.25) is 0 Å². The molecule has 0 saturated carbocycles. The topological polar surface area (TPSA) is 67.9 Å². The average molecular weight is 360 g/mol. The van der Waals surface area contributed by atoms with Crippen LogP contribution in [0.15, 0.2) is 30.0 Å². The summed E-state index contributed by atoms with van der Waals surface area (Å²) in [7, 11) is 3.04. The van der Waals surface area contributed by atoms with Gasteiger partial charge in [0.1, 0.15) is 5.75 Å². The summed E-state index contributed by atoms with van der Waals surface area (Å²) in [5.74, 6) is 0.542. The van der Waals surface area contributed by atoms with E-state index in [-0.39, 0.29) is 17.6 Å². The minimum atomic E-state index is -0.391. The fourth-order valence-corrected chi connectivity index (χ4v) is 3.24. The molecule has 1 heterocycles. The molecule has 6 heteroatoms. The van der Waals surface area contributed by atoms with E-state index >= 15 is 0 Å². The van der Waals surface area contributed by atoms with Gasteiger partial charge >= 0.3 is 6.03 Å². The number of amides is 3. The highest BCUT2D eigenvalue weighted by atomic mass is 16.5. The Labute approximate surface area is 155 Å². The number of ether oxygens (including phenoxy) is 2. The van der Waals surface area contributed by atoms with E-state index in [4.69, 9.17) is 9.47 Å². The third kappa shape index (κ3) is 4.00. The lowest BCUT2D eigenvalue weighted by molar-refractivity contribution is -0.124. The zero-order valence-corrected chi connectivity index (χ0v) is 16.0. The molecule has 1 fully saturated rings. The molecule has 1 unspecified atom stereocenters. The van der Waals surface area contributed by atoms with Crippen LogP contribution in [0.5, 0.6) is 5.75 Å². The molecular formula is C20H28N2O4. The maximum absolute atomic E-state index is 13.0. The summed E-state index contributed by atoms with van der Waals surface area (Å²) >= 11 is 0. The van der Waals surface area contributed by atoms with Crippen molar-refractivity contribution < 1.29 is 19.1 Å². The third-order valence-electron chi connectivity index (χ3n) is 4.64. The van der Waals surface area contributed by atoms with Crippen LogP contribution in [0.1, 0.15) is 51.5 Å². The fourth-order valence-electron chi connectivity index (χ4n) is 3.24. The second kappa shape index (κ2) is 9.27. The predicted octanol–water partition coefficient (Wildman–Crippen LogP) is 3.92. The van der Waals surface area contributed by atoms with E-state index in [1.807, 2.05) is 19.1 Å². The van der Waals surface area contributed by atoms with E-state index in [0.717, 1.165) is 32.1 Å². The average Bonchev–Trinajstić information content (AvgIpc) is 2.94. The standard InChI is InChI=1S/C20H28N2O4/c1-5-7-8-11-14(6-2)22-19(23)17(21-20(22)24)18(26-4)15-12-9-10-13-16(15)25-3/h9-10,12-14H,5-8,11H2,1-4H3,(H,21,24)/b18-17+. The lowest BCUT2D eigenvalue weighted by Crippen LogP contribution is -2.40. The van der Waals surface area contributed by atoms with Crippen molar-refractivity contribution in [3.8, 4) is 5.75 Å². The number of carbonyl (C=O) groups is 2. The first-order chi connectivity index (χ1) is 12.6. The Hall–Kier alpha value is -2.50. The van der Waals surface area contributed by atoms with Crippen molar-refractivity contribution in [1.29, 1.82) is 0 Å². The van der Waals surface area contributed by atoms with E-state index < -0.39 is 6.03 Å². The Morgan fingerprint density at radius 2 is 1.88 bits per heavy atom. The molecule has 2 rings (SSSR count). The van der Waals surface area contributed by atoms with Gasteiger partial charge in [-0.3, -0.25) is 15.0 Å². The number of urea groups is 1. The van der Waals surface area contributed by atoms with Crippen LogP contribution in [0.3, 0.4) is 0 Å². The highest BCUT2D eigenvalue weighted by Gasteiger charge is 2.40. The SMILES string of the molecule is CCCCCC(CC)N1C(=O)N/C(=C(/OC)c2ccccc2OC)C1=O. The van der Waals surface area contributed by atoms with Crippen molar-refractivity contribution in [2.45, 2.75) is 52.0 Å². The molecule has 1 aliphatic heterocycles. The molecule has 0 bridgehead atoms. The maximum atomic E-state index is 13.0. The molecule has 6 nitrogen and oxygen atoms in total. The quantitative estimate of drug-likeness (QED) is 0.314. The molecule has 1 aromatic carbocycles. The summed E-state index contributed by atoms with van der Waals surface area (Å²) in [6.45, 7) is 4.13. The molecule has 26 heavy (non-hydrogen) atoms. The van der Waals surface area contributed by atoms with Gasteiger partial charge in [0.05, 0.1) is 19.8 Å². The van der Waals surface area contributed by atoms with Gasteiger partial charge in [-0.25, -0.2) is 4.79 Å². The highest BCUT2D eigenvalue weighted by Crippen LogP contribution is 2.31. The fraction of sp³-hybridized carbons (Fsp3) is 0.500. The molecule has 3 amide bonds. The van der Waals surface area contributed by atoms with Gasteiger partial charge in [0.25, 0.3) is 5.91 Å². The van der Waals surface area contributed by atoms with Crippen molar-refractivity contribution in [2.24, 2.45) is 0 Å². The van der Waals surface area contributed by atoms with E-state index in [0.29, 0.717) is 17.1 Å². The normalized spacial score (nSPS) is 17.2. The van der Waals surface area contributed by atoms with Crippen LogP contribution in [-0.4, -0.2) is 37.1 Å². The maximum Gasteiger partial charge on any atom is 0.329 e. The lowest BCUT2D eigenvalue weighted by Gasteiger charge is -2.23. The number of para-hydroxylation sites is 1. The minimum absolute atomic E-state index is 0.109. The Balaban J connectivity index is 2.36. The number of unbranched alkanes of at least 4 members (excludes halogenated alkanes) is 2. The van der Waals surface area contributed by atoms with Crippen molar-refractivity contribution in [3.05, 3.63) is 35.5 Å². The zero-order valence-electron chi connectivity index (χ0n) is 16.0. The van der Waals surface area contributed by atoms with Crippen LogP contribution < -0.4 is 10.1 Å². The van der Waals surface area contributed by atoms with Gasteiger partial charge in [-0.1, -0.05) is 45.2 Å². The molecule has 0 aromatic heterocycles. The largest absolute Gasteiger partial charge is 0.496 e. The van der Waals surface area contributed by atoms with Crippen molar-refractivity contribution >= 4 is 17.7 Å². The first-order valence-electron chi connectivity index (χ1n) is 9.15. The van der Waals surface area contributed by atoms with Crippen molar-refractivity contribution in [2.75, 3.05) is 14.2 Å². The van der Waals surface area contributed by atoms with E-state index in [2.05, 4.69) is 12.2 Å². The van der Waals surface area contributed by atoms with Crippen LogP contribution in [-0.2, 0) is 9.53 Å². The first kappa shape index (κ1) is 19.8. The van der Waals surface area contributed by atoms with Crippen LogP contribution in [0.4, 0.5) is 4.79 Å². The molecule has 1 aliphatic rings. The van der Waals surface area contributed by atoms with Gasteiger partial charge < -0.3 is 9.47 Å². The number of nitrogens with zero attached hydrogens (tertiary/aromatic N) is 1. The van der Waals surface area contributed by atoms with Crippen molar-refractivity contribution in [1.82, 2.24) is 10.2 Å². The Morgan fingerprint density at radius 1 is 1.15 bits per heavy atom. The Bertz CT molecular complexity index is 684. The van der Waals surface area contributed by atoms with Gasteiger partial charge in [0.15, 0.2) is 11.5 Å². The Kier molecular flexibility index (Phi) is 7.06. The molecule has 1 atom stereocenters. The van der Waals surface area contributed by atoms with Crippen molar-refractivity contribution in [3.63, 3.8) is 0 Å². The second-order valence-electron chi connectivity index (χ2n) is 6.27.